The number of aromatic nitrogens is 4. The van der Waals surface area contributed by atoms with Crippen LogP contribution in [0.25, 0.3) is 11.4 Å². The van der Waals surface area contributed by atoms with Crippen LogP contribution in [-0.2, 0) is 30.0 Å². The zero-order chi connectivity index (χ0) is 25.0. The van der Waals surface area contributed by atoms with E-state index in [-0.39, 0.29) is 0 Å². The molecule has 36 heavy (non-hydrogen) atoms. The quantitative estimate of drug-likeness (QED) is 0.324. The monoisotopic (exact) mass is 526 g/mol. The normalized spacial score (nSPS) is 17.6. The molecule has 0 saturated carbocycles. The molecule has 192 valence electrons. The molecule has 0 amide bonds. The molecule has 0 unspecified atom stereocenters. The second-order valence-electron chi connectivity index (χ2n) is 9.58. The number of thioether (sulfide) groups is 1. The minimum absolute atomic E-state index is 0.451. The standard InChI is InChI=1S/C26H34N6O2S2/c1-30-25(22-8-6-12-27-19-22)28-29-26(30)35-17-7-13-31-16-11-21-9-10-24(18-23(21)20-31)36(33,34)32-14-4-2-3-5-15-32/h6,8-10,12,18-19H,2-5,7,11,13-17,20H2,1H3. The molecule has 10 heteroatoms. The van der Waals surface area contributed by atoms with Crippen LogP contribution in [0, 0.1) is 0 Å². The van der Waals surface area contributed by atoms with Crippen molar-refractivity contribution in [3.63, 3.8) is 0 Å². The summed E-state index contributed by atoms with van der Waals surface area (Å²) >= 11 is 1.72. The summed E-state index contributed by atoms with van der Waals surface area (Å²) < 4.78 is 30.2. The van der Waals surface area contributed by atoms with Gasteiger partial charge in [0.1, 0.15) is 0 Å². The summed E-state index contributed by atoms with van der Waals surface area (Å²) in [5, 5.41) is 9.60. The Morgan fingerprint density at radius 1 is 1.00 bits per heavy atom. The molecule has 1 aromatic carbocycles. The van der Waals surface area contributed by atoms with E-state index in [2.05, 4.69) is 20.1 Å². The van der Waals surface area contributed by atoms with Crippen molar-refractivity contribution in [2.24, 2.45) is 7.05 Å². The van der Waals surface area contributed by atoms with Crippen LogP contribution >= 0.6 is 11.8 Å². The van der Waals surface area contributed by atoms with Crippen molar-refractivity contribution in [3.05, 3.63) is 53.9 Å². The van der Waals surface area contributed by atoms with Crippen molar-refractivity contribution in [1.29, 1.82) is 0 Å². The van der Waals surface area contributed by atoms with Gasteiger partial charge in [0.2, 0.25) is 10.0 Å². The third kappa shape index (κ3) is 5.66. The van der Waals surface area contributed by atoms with E-state index in [4.69, 9.17) is 0 Å². The van der Waals surface area contributed by atoms with Crippen LogP contribution in [0.5, 0.6) is 0 Å². The molecular weight excluding hydrogens is 492 g/mol. The molecule has 1 fully saturated rings. The summed E-state index contributed by atoms with van der Waals surface area (Å²) in [4.78, 5) is 7.06. The van der Waals surface area contributed by atoms with Crippen LogP contribution < -0.4 is 0 Å². The van der Waals surface area contributed by atoms with Gasteiger partial charge in [0.15, 0.2) is 11.0 Å². The molecule has 0 radical (unpaired) electrons. The molecule has 3 aromatic rings. The van der Waals surface area contributed by atoms with E-state index >= 15 is 0 Å². The first kappa shape index (κ1) is 25.4. The minimum atomic E-state index is -3.42. The summed E-state index contributed by atoms with van der Waals surface area (Å²) in [6.07, 6.45) is 9.69. The summed E-state index contributed by atoms with van der Waals surface area (Å²) in [6.45, 7) is 4.06. The Kier molecular flexibility index (Phi) is 8.05. The topological polar surface area (TPSA) is 84.2 Å². The highest BCUT2D eigenvalue weighted by molar-refractivity contribution is 7.99. The lowest BCUT2D eigenvalue weighted by atomic mass is 10.00. The number of rotatable bonds is 8. The molecule has 0 N–H and O–H groups in total. The van der Waals surface area contributed by atoms with E-state index in [1.165, 1.54) is 5.56 Å². The van der Waals surface area contributed by atoms with Crippen LogP contribution in [0.1, 0.15) is 43.2 Å². The fourth-order valence-electron chi connectivity index (χ4n) is 5.01. The Labute approximate surface area is 218 Å². The van der Waals surface area contributed by atoms with Gasteiger partial charge >= 0.3 is 0 Å². The molecular formula is C26H34N6O2S2. The Bertz CT molecular complexity index is 1270. The average Bonchev–Trinajstić information content (AvgIpc) is 3.08. The van der Waals surface area contributed by atoms with Crippen LogP contribution in [0.3, 0.4) is 0 Å². The predicted octanol–water partition coefficient (Wildman–Crippen LogP) is 3.98. The lowest BCUT2D eigenvalue weighted by Crippen LogP contribution is -2.33. The van der Waals surface area contributed by atoms with Crippen molar-refractivity contribution < 1.29 is 8.42 Å². The number of pyridine rings is 1. The summed E-state index contributed by atoms with van der Waals surface area (Å²) in [5.74, 6) is 1.77. The Hall–Kier alpha value is -2.27. The highest BCUT2D eigenvalue weighted by atomic mass is 32.2. The van der Waals surface area contributed by atoms with Gasteiger partial charge in [-0.15, -0.1) is 10.2 Å². The third-order valence-corrected chi connectivity index (χ3v) is 10.1. The second-order valence-corrected chi connectivity index (χ2v) is 12.6. The van der Waals surface area contributed by atoms with Gasteiger partial charge in [0, 0.05) is 56.9 Å². The minimum Gasteiger partial charge on any atom is -0.305 e. The largest absolute Gasteiger partial charge is 0.305 e. The lowest BCUT2D eigenvalue weighted by molar-refractivity contribution is 0.255. The van der Waals surface area contributed by atoms with E-state index in [0.29, 0.717) is 18.0 Å². The molecule has 2 aliphatic rings. The number of sulfonamides is 1. The van der Waals surface area contributed by atoms with Crippen molar-refractivity contribution in [2.75, 3.05) is 31.9 Å². The Morgan fingerprint density at radius 3 is 2.61 bits per heavy atom. The van der Waals surface area contributed by atoms with Gasteiger partial charge in [0.25, 0.3) is 0 Å². The van der Waals surface area contributed by atoms with Gasteiger partial charge in [-0.05, 0) is 67.6 Å². The number of hydrogen-bond donors (Lipinski definition) is 0. The molecule has 1 saturated heterocycles. The van der Waals surface area contributed by atoms with Crippen molar-refractivity contribution in [2.45, 2.75) is 55.1 Å². The zero-order valence-electron chi connectivity index (χ0n) is 20.8. The molecule has 2 aliphatic heterocycles. The van der Waals surface area contributed by atoms with E-state index in [0.717, 1.165) is 86.0 Å². The average molecular weight is 527 g/mol. The lowest BCUT2D eigenvalue weighted by Gasteiger charge is -2.29. The van der Waals surface area contributed by atoms with Crippen molar-refractivity contribution >= 4 is 21.8 Å². The smallest absolute Gasteiger partial charge is 0.243 e. The maximum Gasteiger partial charge on any atom is 0.243 e. The Balaban J connectivity index is 1.16. The number of hydrogen-bond acceptors (Lipinski definition) is 7. The van der Waals surface area contributed by atoms with Gasteiger partial charge in [-0.3, -0.25) is 9.88 Å². The van der Waals surface area contributed by atoms with E-state index in [9.17, 15) is 8.42 Å². The molecule has 8 nitrogen and oxygen atoms in total. The van der Waals surface area contributed by atoms with Gasteiger partial charge in [-0.1, -0.05) is 30.7 Å². The van der Waals surface area contributed by atoms with Gasteiger partial charge < -0.3 is 4.57 Å². The molecule has 0 aliphatic carbocycles. The fourth-order valence-corrected chi connectivity index (χ4v) is 7.42. The summed E-state index contributed by atoms with van der Waals surface area (Å²) in [6, 6.07) is 9.66. The van der Waals surface area contributed by atoms with Crippen LogP contribution in [-0.4, -0.2) is 69.3 Å². The molecule has 5 rings (SSSR count). The van der Waals surface area contributed by atoms with Gasteiger partial charge in [-0.2, -0.15) is 4.31 Å². The number of fused-ring (bicyclic) bond motifs is 1. The zero-order valence-corrected chi connectivity index (χ0v) is 22.5. The SMILES string of the molecule is Cn1c(SCCCN2CCc3ccc(S(=O)(=O)N4CCCCCC4)cc3C2)nnc1-c1cccnc1. The molecule has 0 bridgehead atoms. The maximum atomic E-state index is 13.3. The van der Waals surface area contributed by atoms with E-state index in [1.54, 1.807) is 28.5 Å². The number of benzene rings is 1. The van der Waals surface area contributed by atoms with Gasteiger partial charge in [0.05, 0.1) is 4.90 Å². The first-order chi connectivity index (χ1) is 17.5. The van der Waals surface area contributed by atoms with Crippen LogP contribution in [0.2, 0.25) is 0 Å². The Morgan fingerprint density at radius 2 is 1.83 bits per heavy atom. The second kappa shape index (κ2) is 11.4. The molecule has 2 aromatic heterocycles. The van der Waals surface area contributed by atoms with Gasteiger partial charge in [-0.25, -0.2) is 8.42 Å². The summed E-state index contributed by atoms with van der Waals surface area (Å²) in [7, 11) is -1.43. The van der Waals surface area contributed by atoms with Crippen LogP contribution in [0.15, 0.2) is 52.8 Å². The first-order valence-corrected chi connectivity index (χ1v) is 15.2. The van der Waals surface area contributed by atoms with Crippen LogP contribution in [0.4, 0.5) is 0 Å². The molecule has 4 heterocycles. The molecule has 0 atom stereocenters. The highest BCUT2D eigenvalue weighted by Crippen LogP contribution is 2.27. The molecule has 0 spiro atoms. The highest BCUT2D eigenvalue weighted by Gasteiger charge is 2.27. The van der Waals surface area contributed by atoms with E-state index in [1.807, 2.05) is 41.9 Å². The van der Waals surface area contributed by atoms with Crippen molar-refractivity contribution in [3.8, 4) is 11.4 Å². The predicted molar refractivity (Wildman–Crippen MR) is 142 cm³/mol. The fraction of sp³-hybridized carbons (Fsp3) is 0.500. The first-order valence-electron chi connectivity index (χ1n) is 12.8. The number of nitrogens with zero attached hydrogens (tertiary/aromatic N) is 6. The van der Waals surface area contributed by atoms with E-state index < -0.39 is 10.0 Å². The maximum absolute atomic E-state index is 13.3. The third-order valence-electron chi connectivity index (χ3n) is 7.08. The summed E-state index contributed by atoms with van der Waals surface area (Å²) in [5.41, 5.74) is 3.39. The van der Waals surface area contributed by atoms with Crippen molar-refractivity contribution in [1.82, 2.24) is 29.0 Å².